The zero-order valence-electron chi connectivity index (χ0n) is 10.7. The SMILES string of the molecule is NCC(=O)N[C@@H](Cc1c[nH]c2ccccc12)C(=O)O.O. The van der Waals surface area contributed by atoms with E-state index in [9.17, 15) is 9.59 Å². The largest absolute Gasteiger partial charge is 0.480 e. The number of carboxylic acids is 1. The number of amides is 1. The fraction of sp³-hybridized carbons (Fsp3) is 0.231. The predicted molar refractivity (Wildman–Crippen MR) is 74.2 cm³/mol. The summed E-state index contributed by atoms with van der Waals surface area (Å²) in [5.74, 6) is -1.56. The highest BCUT2D eigenvalue weighted by atomic mass is 16.4. The molecule has 0 radical (unpaired) electrons. The van der Waals surface area contributed by atoms with Crippen molar-refractivity contribution in [3.63, 3.8) is 0 Å². The van der Waals surface area contributed by atoms with Crippen LogP contribution in [0.3, 0.4) is 0 Å². The molecule has 0 aliphatic carbocycles. The van der Waals surface area contributed by atoms with Gasteiger partial charge < -0.3 is 26.6 Å². The molecule has 7 nitrogen and oxygen atoms in total. The maximum Gasteiger partial charge on any atom is 0.326 e. The van der Waals surface area contributed by atoms with Crippen LogP contribution >= 0.6 is 0 Å². The number of rotatable bonds is 5. The van der Waals surface area contributed by atoms with Crippen molar-refractivity contribution in [3.05, 3.63) is 36.0 Å². The highest BCUT2D eigenvalue weighted by Crippen LogP contribution is 2.19. The number of hydrogen-bond donors (Lipinski definition) is 4. The Hall–Kier alpha value is -2.38. The van der Waals surface area contributed by atoms with Gasteiger partial charge in [0.05, 0.1) is 6.54 Å². The number of carboxylic acid groups (broad SMARTS) is 1. The van der Waals surface area contributed by atoms with Crippen molar-refractivity contribution in [1.82, 2.24) is 10.3 Å². The average molecular weight is 279 g/mol. The van der Waals surface area contributed by atoms with Crippen LogP contribution in [0, 0.1) is 0 Å². The van der Waals surface area contributed by atoms with Crippen LogP contribution in [0.25, 0.3) is 10.9 Å². The van der Waals surface area contributed by atoms with E-state index >= 15 is 0 Å². The van der Waals surface area contributed by atoms with Crippen LogP contribution in [-0.4, -0.2) is 40.0 Å². The molecular weight excluding hydrogens is 262 g/mol. The van der Waals surface area contributed by atoms with Gasteiger partial charge in [0.25, 0.3) is 0 Å². The number of hydrogen-bond acceptors (Lipinski definition) is 3. The van der Waals surface area contributed by atoms with Gasteiger partial charge in [0.15, 0.2) is 0 Å². The highest BCUT2D eigenvalue weighted by Gasteiger charge is 2.21. The molecule has 2 rings (SSSR count). The smallest absolute Gasteiger partial charge is 0.326 e. The maximum absolute atomic E-state index is 11.2. The molecule has 7 heteroatoms. The fourth-order valence-corrected chi connectivity index (χ4v) is 1.97. The first-order valence-electron chi connectivity index (χ1n) is 5.89. The molecule has 7 N–H and O–H groups in total. The molecule has 0 spiro atoms. The van der Waals surface area contributed by atoms with Crippen molar-refractivity contribution in [3.8, 4) is 0 Å². The Balaban J connectivity index is 0.00000200. The zero-order valence-corrected chi connectivity index (χ0v) is 10.7. The summed E-state index contributed by atoms with van der Waals surface area (Å²) in [5, 5.41) is 12.5. The topological polar surface area (TPSA) is 140 Å². The predicted octanol–water partition coefficient (Wildman–Crippen LogP) is -0.586. The van der Waals surface area contributed by atoms with Crippen LogP contribution < -0.4 is 11.1 Å². The first kappa shape index (κ1) is 15.7. The summed E-state index contributed by atoms with van der Waals surface area (Å²) < 4.78 is 0. The molecule has 1 amide bonds. The number of aliphatic carboxylic acids is 1. The average Bonchev–Trinajstić information content (AvgIpc) is 2.81. The Morgan fingerprint density at radius 1 is 1.35 bits per heavy atom. The number of aromatic amines is 1. The van der Waals surface area contributed by atoms with Crippen LogP contribution in [0.2, 0.25) is 0 Å². The van der Waals surface area contributed by atoms with Crippen molar-refractivity contribution in [2.45, 2.75) is 12.5 Å². The first-order valence-corrected chi connectivity index (χ1v) is 5.89. The molecule has 1 aromatic carbocycles. The molecule has 0 saturated heterocycles. The molecule has 0 unspecified atom stereocenters. The van der Waals surface area contributed by atoms with Crippen LogP contribution in [0.4, 0.5) is 0 Å². The van der Waals surface area contributed by atoms with Gasteiger partial charge in [-0.15, -0.1) is 0 Å². The van der Waals surface area contributed by atoms with Gasteiger partial charge in [-0.3, -0.25) is 4.79 Å². The Morgan fingerprint density at radius 3 is 2.70 bits per heavy atom. The molecule has 1 atom stereocenters. The number of benzene rings is 1. The lowest BCUT2D eigenvalue weighted by atomic mass is 10.1. The van der Waals surface area contributed by atoms with Gasteiger partial charge in [-0.2, -0.15) is 0 Å². The standard InChI is InChI=1S/C13H15N3O3.H2O/c14-6-12(17)16-11(13(18)19)5-8-7-15-10-4-2-1-3-9(8)10;/h1-4,7,11,15H,5-6,14H2,(H,16,17)(H,18,19);1H2/t11-;/m0./s1. The lowest BCUT2D eigenvalue weighted by Gasteiger charge is -2.13. The van der Waals surface area contributed by atoms with Gasteiger partial charge in [-0.05, 0) is 11.6 Å². The molecular formula is C13H17N3O4. The summed E-state index contributed by atoms with van der Waals surface area (Å²) in [6.07, 6.45) is 1.97. The molecule has 1 aromatic heterocycles. The molecule has 0 saturated carbocycles. The third-order valence-electron chi connectivity index (χ3n) is 2.92. The minimum Gasteiger partial charge on any atom is -0.480 e. The van der Waals surface area contributed by atoms with Gasteiger partial charge in [-0.25, -0.2) is 4.79 Å². The quantitative estimate of drug-likeness (QED) is 0.580. The van der Waals surface area contributed by atoms with E-state index in [2.05, 4.69) is 10.3 Å². The van der Waals surface area contributed by atoms with Gasteiger partial charge >= 0.3 is 5.97 Å². The molecule has 0 fully saturated rings. The molecule has 0 aliphatic rings. The number of nitrogens with two attached hydrogens (primary N) is 1. The van der Waals surface area contributed by atoms with Crippen molar-refractivity contribution in [2.24, 2.45) is 5.73 Å². The fourth-order valence-electron chi connectivity index (χ4n) is 1.97. The maximum atomic E-state index is 11.2. The van der Waals surface area contributed by atoms with Crippen molar-refractivity contribution >= 4 is 22.8 Å². The van der Waals surface area contributed by atoms with Crippen molar-refractivity contribution in [1.29, 1.82) is 0 Å². The minimum absolute atomic E-state index is 0. The lowest BCUT2D eigenvalue weighted by molar-refractivity contribution is -0.141. The van der Waals surface area contributed by atoms with Crippen molar-refractivity contribution < 1.29 is 20.2 Å². The second-order valence-corrected chi connectivity index (χ2v) is 4.23. The van der Waals surface area contributed by atoms with Crippen molar-refractivity contribution in [2.75, 3.05) is 6.54 Å². The second-order valence-electron chi connectivity index (χ2n) is 4.23. The molecule has 2 aromatic rings. The number of H-pyrrole nitrogens is 1. The summed E-state index contributed by atoms with van der Waals surface area (Å²) in [7, 11) is 0. The molecule has 108 valence electrons. The molecule has 1 heterocycles. The van der Waals surface area contributed by atoms with E-state index in [0.29, 0.717) is 0 Å². The second kappa shape index (κ2) is 6.69. The summed E-state index contributed by atoms with van der Waals surface area (Å²) in [6, 6.07) is 6.62. The van der Waals surface area contributed by atoms with Crippen LogP contribution in [-0.2, 0) is 16.0 Å². The van der Waals surface area contributed by atoms with Crippen LogP contribution in [0.15, 0.2) is 30.5 Å². The normalized spacial score (nSPS) is 11.7. The van der Waals surface area contributed by atoms with Gasteiger partial charge in [0.2, 0.25) is 5.91 Å². The summed E-state index contributed by atoms with van der Waals surface area (Å²) >= 11 is 0. The van der Waals surface area contributed by atoms with Gasteiger partial charge in [-0.1, -0.05) is 18.2 Å². The monoisotopic (exact) mass is 279 g/mol. The summed E-state index contributed by atoms with van der Waals surface area (Å²) in [6.45, 7) is -0.225. The highest BCUT2D eigenvalue weighted by molar-refractivity contribution is 5.87. The first-order chi connectivity index (χ1) is 9.11. The lowest BCUT2D eigenvalue weighted by Crippen LogP contribution is -2.44. The Morgan fingerprint density at radius 2 is 2.05 bits per heavy atom. The number of carbonyl (C=O) groups is 2. The van der Waals surface area contributed by atoms with E-state index in [1.54, 1.807) is 6.20 Å². The number of nitrogens with one attached hydrogen (secondary N) is 2. The van der Waals surface area contributed by atoms with Crippen LogP contribution in [0.1, 0.15) is 5.56 Å². The van der Waals surface area contributed by atoms with E-state index in [4.69, 9.17) is 10.8 Å². The number of aromatic nitrogens is 1. The van der Waals surface area contributed by atoms with E-state index in [-0.39, 0.29) is 18.4 Å². The third-order valence-corrected chi connectivity index (χ3v) is 2.92. The Kier molecular flexibility index (Phi) is 5.24. The zero-order chi connectivity index (χ0) is 13.8. The van der Waals surface area contributed by atoms with E-state index < -0.39 is 17.9 Å². The Bertz CT molecular complexity index is 608. The third kappa shape index (κ3) is 3.34. The van der Waals surface area contributed by atoms with E-state index in [1.807, 2.05) is 24.3 Å². The summed E-state index contributed by atoms with van der Waals surface area (Å²) in [5.41, 5.74) is 6.96. The van der Waals surface area contributed by atoms with E-state index in [0.717, 1.165) is 16.5 Å². The summed E-state index contributed by atoms with van der Waals surface area (Å²) in [4.78, 5) is 25.4. The Labute approximate surface area is 115 Å². The number of carbonyl (C=O) groups excluding carboxylic acids is 1. The molecule has 0 aliphatic heterocycles. The van der Waals surface area contributed by atoms with Gasteiger partial charge in [0.1, 0.15) is 6.04 Å². The number of fused-ring (bicyclic) bond motifs is 1. The van der Waals surface area contributed by atoms with Gasteiger partial charge in [0, 0.05) is 23.5 Å². The molecule has 0 bridgehead atoms. The minimum atomic E-state index is -1.08. The van der Waals surface area contributed by atoms with Crippen LogP contribution in [0.5, 0.6) is 0 Å². The molecule has 20 heavy (non-hydrogen) atoms. The number of para-hydroxylation sites is 1. The van der Waals surface area contributed by atoms with E-state index in [1.165, 1.54) is 0 Å².